The van der Waals surface area contributed by atoms with Crippen LogP contribution in [0.4, 0.5) is 0 Å². The molecule has 0 amide bonds. The molecule has 1 unspecified atom stereocenters. The Kier molecular flexibility index (Phi) is 7.54. The molecule has 2 aliphatic rings. The van der Waals surface area contributed by atoms with Crippen molar-refractivity contribution in [3.63, 3.8) is 0 Å². The zero-order valence-corrected chi connectivity index (χ0v) is 15.3. The molecule has 1 atom stereocenters. The van der Waals surface area contributed by atoms with Crippen molar-refractivity contribution < 1.29 is 34.0 Å². The van der Waals surface area contributed by atoms with Crippen LogP contribution in [0.5, 0.6) is 0 Å². The first-order chi connectivity index (χ1) is 11.9. The monoisotopic (exact) mass is 376 g/mol. The molecule has 25 heavy (non-hydrogen) atoms. The summed E-state index contributed by atoms with van der Waals surface area (Å²) in [5.74, 6) is -2.16. The van der Waals surface area contributed by atoms with Crippen LogP contribution in [0, 0.1) is 0 Å². The van der Waals surface area contributed by atoms with Gasteiger partial charge in [0.1, 0.15) is 19.3 Å². The van der Waals surface area contributed by atoms with Gasteiger partial charge >= 0.3 is 11.9 Å². The minimum absolute atomic E-state index is 0.0186. The summed E-state index contributed by atoms with van der Waals surface area (Å²) in [5.41, 5.74) is -0.315. The maximum Gasteiger partial charge on any atom is 0.329 e. The number of carboxylic acid groups (broad SMARTS) is 2. The fraction of sp³-hybridized carbons (Fsp3) is 0.882. The predicted octanol–water partition coefficient (Wildman–Crippen LogP) is 2.13. The molecule has 0 bridgehead atoms. The van der Waals surface area contributed by atoms with E-state index in [0.29, 0.717) is 0 Å². The van der Waals surface area contributed by atoms with Gasteiger partial charge in [-0.2, -0.15) is 12.6 Å². The first kappa shape index (κ1) is 20.5. The van der Waals surface area contributed by atoms with Gasteiger partial charge in [-0.1, -0.05) is 25.7 Å². The van der Waals surface area contributed by atoms with Gasteiger partial charge in [-0.25, -0.2) is 9.59 Å². The Morgan fingerprint density at radius 1 is 0.920 bits per heavy atom. The van der Waals surface area contributed by atoms with Crippen LogP contribution in [0.15, 0.2) is 0 Å². The van der Waals surface area contributed by atoms with Crippen molar-refractivity contribution in [3.8, 4) is 0 Å². The van der Waals surface area contributed by atoms with Crippen LogP contribution in [-0.2, 0) is 23.8 Å². The third-order valence-corrected chi connectivity index (χ3v) is 6.06. The number of rotatable bonds is 10. The summed E-state index contributed by atoms with van der Waals surface area (Å²) in [7, 11) is 0. The molecule has 2 rings (SSSR count). The molecule has 2 fully saturated rings. The Balaban J connectivity index is 1.96. The highest BCUT2D eigenvalue weighted by Crippen LogP contribution is 2.53. The second-order valence-electron chi connectivity index (χ2n) is 6.99. The van der Waals surface area contributed by atoms with E-state index < -0.39 is 31.3 Å². The van der Waals surface area contributed by atoms with Gasteiger partial charge in [0.25, 0.3) is 0 Å². The number of fused-ring (bicyclic) bond motifs is 1. The topological polar surface area (TPSA) is 102 Å². The molecule has 0 spiro atoms. The lowest BCUT2D eigenvalue weighted by Gasteiger charge is -2.54. The fourth-order valence-electron chi connectivity index (χ4n) is 3.97. The summed E-state index contributed by atoms with van der Waals surface area (Å²) < 4.78 is 16.5. The van der Waals surface area contributed by atoms with E-state index in [1.165, 1.54) is 0 Å². The van der Waals surface area contributed by atoms with Crippen LogP contribution in [0.2, 0.25) is 0 Å². The van der Waals surface area contributed by atoms with Gasteiger partial charge < -0.3 is 24.4 Å². The first-order valence-electron chi connectivity index (χ1n) is 8.86. The van der Waals surface area contributed by atoms with Gasteiger partial charge in [0.2, 0.25) is 0 Å². The van der Waals surface area contributed by atoms with E-state index in [4.69, 9.17) is 37.1 Å². The number of hydrogen-bond donors (Lipinski definition) is 3. The predicted molar refractivity (Wildman–Crippen MR) is 93.2 cm³/mol. The molecule has 0 radical (unpaired) electrons. The van der Waals surface area contributed by atoms with E-state index in [9.17, 15) is 9.59 Å². The van der Waals surface area contributed by atoms with Gasteiger partial charge in [-0.05, 0) is 25.7 Å². The number of aliphatic carboxylic acids is 2. The van der Waals surface area contributed by atoms with Gasteiger partial charge in [0.05, 0.1) is 18.8 Å². The van der Waals surface area contributed by atoms with E-state index in [0.717, 1.165) is 51.4 Å². The Morgan fingerprint density at radius 3 is 2.04 bits per heavy atom. The molecular formula is C17H28O7S. The molecule has 0 aliphatic heterocycles. The van der Waals surface area contributed by atoms with Gasteiger partial charge in [-0.15, -0.1) is 0 Å². The summed E-state index contributed by atoms with van der Waals surface area (Å²) in [4.78, 5) is 21.3. The van der Waals surface area contributed by atoms with Crippen molar-refractivity contribution in [3.05, 3.63) is 0 Å². The van der Waals surface area contributed by atoms with Crippen LogP contribution in [0.3, 0.4) is 0 Å². The second kappa shape index (κ2) is 9.21. The quantitative estimate of drug-likeness (QED) is 0.502. The third kappa shape index (κ3) is 5.57. The number of carboxylic acids is 2. The van der Waals surface area contributed by atoms with Gasteiger partial charge in [0, 0.05) is 4.75 Å². The standard InChI is InChI=1S/C17H28O7S/c18-14(19)11-22-9-13(23-12-15(20)21)10-24-16-5-1-3-7-17(16,25)8-4-2-6-16/h13,25H,1-12H2,(H,18,19)(H,20,21). The molecule has 0 aromatic carbocycles. The van der Waals surface area contributed by atoms with Crippen molar-refractivity contribution in [1.82, 2.24) is 0 Å². The molecule has 0 heterocycles. The highest BCUT2D eigenvalue weighted by atomic mass is 32.1. The van der Waals surface area contributed by atoms with Crippen molar-refractivity contribution in [2.24, 2.45) is 0 Å². The van der Waals surface area contributed by atoms with E-state index in [1.54, 1.807) is 0 Å². The van der Waals surface area contributed by atoms with Crippen molar-refractivity contribution in [2.45, 2.75) is 67.8 Å². The van der Waals surface area contributed by atoms with E-state index in [-0.39, 0.29) is 23.6 Å². The van der Waals surface area contributed by atoms with E-state index in [2.05, 4.69) is 0 Å². The molecular weight excluding hydrogens is 348 g/mol. The largest absolute Gasteiger partial charge is 0.480 e. The van der Waals surface area contributed by atoms with Gasteiger partial charge in [-0.3, -0.25) is 0 Å². The summed E-state index contributed by atoms with van der Waals surface area (Å²) in [5, 5.41) is 17.5. The van der Waals surface area contributed by atoms with E-state index in [1.807, 2.05) is 0 Å². The minimum atomic E-state index is -1.08. The maximum absolute atomic E-state index is 10.8. The Morgan fingerprint density at radius 2 is 1.48 bits per heavy atom. The summed E-state index contributed by atoms with van der Waals surface area (Å²) in [6.07, 6.45) is 7.79. The number of ether oxygens (including phenoxy) is 3. The Labute approximate surface area is 153 Å². The molecule has 0 saturated heterocycles. The van der Waals surface area contributed by atoms with Crippen molar-refractivity contribution in [2.75, 3.05) is 26.4 Å². The van der Waals surface area contributed by atoms with Crippen LogP contribution in [0.1, 0.15) is 51.4 Å². The number of thiol groups is 1. The zero-order chi connectivity index (χ0) is 18.3. The number of carbonyl (C=O) groups is 2. The van der Waals surface area contributed by atoms with Crippen molar-refractivity contribution in [1.29, 1.82) is 0 Å². The summed E-state index contributed by atoms with van der Waals surface area (Å²) in [6, 6.07) is 0. The lowest BCUT2D eigenvalue weighted by atomic mass is 9.66. The smallest absolute Gasteiger partial charge is 0.329 e. The molecule has 144 valence electrons. The molecule has 7 nitrogen and oxygen atoms in total. The summed E-state index contributed by atoms with van der Waals surface area (Å²) >= 11 is 4.98. The SMILES string of the molecule is O=C(O)COCC(COC12CCCCC1(S)CCCC2)OCC(=O)O. The van der Waals surface area contributed by atoms with Crippen LogP contribution < -0.4 is 0 Å². The molecule has 8 heteroatoms. The number of hydrogen-bond acceptors (Lipinski definition) is 6. The molecule has 0 aromatic heterocycles. The molecule has 2 N–H and O–H groups in total. The highest BCUT2D eigenvalue weighted by molar-refractivity contribution is 7.82. The Bertz CT molecular complexity index is 456. The normalized spacial score (nSPS) is 30.4. The average molecular weight is 376 g/mol. The third-order valence-electron chi connectivity index (χ3n) is 5.21. The average Bonchev–Trinajstić information content (AvgIpc) is 2.56. The molecule has 2 saturated carbocycles. The fourth-order valence-corrected chi connectivity index (χ4v) is 4.57. The lowest BCUT2D eigenvalue weighted by Crippen LogP contribution is -2.57. The molecule has 2 aliphatic carbocycles. The van der Waals surface area contributed by atoms with E-state index >= 15 is 0 Å². The zero-order valence-electron chi connectivity index (χ0n) is 14.4. The van der Waals surface area contributed by atoms with Crippen LogP contribution >= 0.6 is 12.6 Å². The second-order valence-corrected chi connectivity index (χ2v) is 7.84. The molecule has 0 aromatic rings. The summed E-state index contributed by atoms with van der Waals surface area (Å²) in [6.45, 7) is -0.761. The lowest BCUT2D eigenvalue weighted by molar-refractivity contribution is -0.165. The maximum atomic E-state index is 10.8. The first-order valence-corrected chi connectivity index (χ1v) is 9.31. The minimum Gasteiger partial charge on any atom is -0.480 e. The van der Waals surface area contributed by atoms with Crippen molar-refractivity contribution >= 4 is 24.6 Å². The van der Waals surface area contributed by atoms with Gasteiger partial charge in [0.15, 0.2) is 0 Å². The highest BCUT2D eigenvalue weighted by Gasteiger charge is 2.52. The van der Waals surface area contributed by atoms with Crippen LogP contribution in [-0.4, -0.2) is 65.0 Å². The Hall–Kier alpha value is -0.830. The van der Waals surface area contributed by atoms with Crippen LogP contribution in [0.25, 0.3) is 0 Å².